The first-order valence-corrected chi connectivity index (χ1v) is 3.98. The van der Waals surface area contributed by atoms with E-state index in [4.69, 9.17) is 4.74 Å². The number of esters is 1. The normalized spacial score (nSPS) is 20.5. The van der Waals surface area contributed by atoms with E-state index in [9.17, 15) is 9.90 Å². The molecule has 0 aliphatic heterocycles. The van der Waals surface area contributed by atoms with Crippen molar-refractivity contribution in [1.29, 1.82) is 0 Å². The number of rotatable bonds is 3. The highest BCUT2D eigenvalue weighted by atomic mass is 16.5. The minimum atomic E-state index is -0.518. The Morgan fingerprint density at radius 3 is 2.64 bits per heavy atom. The van der Waals surface area contributed by atoms with Crippen LogP contribution in [0.3, 0.4) is 0 Å². The predicted molar refractivity (Wildman–Crippen MR) is 40.1 cm³/mol. The zero-order valence-electron chi connectivity index (χ0n) is 6.80. The van der Waals surface area contributed by atoms with Gasteiger partial charge in [-0.15, -0.1) is 0 Å². The Morgan fingerprint density at radius 2 is 2.27 bits per heavy atom. The molecule has 0 aromatic carbocycles. The molecule has 0 bridgehead atoms. The van der Waals surface area contributed by atoms with Crippen molar-refractivity contribution in [2.45, 2.75) is 38.2 Å². The summed E-state index contributed by atoms with van der Waals surface area (Å²) in [6.07, 6.45) is 3.39. The SMILES string of the molecule is CC(=O)OCCC1(O)CCC1. The molecular formula is C8H14O3. The number of aliphatic hydroxyl groups is 1. The van der Waals surface area contributed by atoms with Gasteiger partial charge >= 0.3 is 5.97 Å². The Bertz CT molecular complexity index is 149. The average molecular weight is 158 g/mol. The summed E-state index contributed by atoms with van der Waals surface area (Å²) in [5.41, 5.74) is -0.518. The summed E-state index contributed by atoms with van der Waals surface area (Å²) in [5.74, 6) is -0.270. The summed E-state index contributed by atoms with van der Waals surface area (Å²) in [6.45, 7) is 1.73. The van der Waals surface area contributed by atoms with Gasteiger partial charge in [-0.25, -0.2) is 0 Å². The molecule has 0 amide bonds. The van der Waals surface area contributed by atoms with Crippen LogP contribution in [0.15, 0.2) is 0 Å². The van der Waals surface area contributed by atoms with E-state index in [2.05, 4.69) is 0 Å². The molecule has 0 aromatic heterocycles. The summed E-state index contributed by atoms with van der Waals surface area (Å²) < 4.78 is 4.71. The van der Waals surface area contributed by atoms with Crippen LogP contribution in [0.25, 0.3) is 0 Å². The van der Waals surface area contributed by atoms with E-state index in [1.165, 1.54) is 6.92 Å². The van der Waals surface area contributed by atoms with Crippen molar-refractivity contribution in [2.24, 2.45) is 0 Å². The molecule has 0 aromatic rings. The van der Waals surface area contributed by atoms with Gasteiger partial charge in [0.2, 0.25) is 0 Å². The first kappa shape index (κ1) is 8.53. The second-order valence-electron chi connectivity index (χ2n) is 3.17. The van der Waals surface area contributed by atoms with Gasteiger partial charge in [0.05, 0.1) is 12.2 Å². The minimum absolute atomic E-state index is 0.270. The first-order valence-electron chi connectivity index (χ1n) is 3.98. The van der Waals surface area contributed by atoms with Crippen LogP contribution in [0.5, 0.6) is 0 Å². The lowest BCUT2D eigenvalue weighted by Crippen LogP contribution is -2.37. The van der Waals surface area contributed by atoms with Crippen LogP contribution < -0.4 is 0 Å². The number of ether oxygens (including phenoxy) is 1. The number of carbonyl (C=O) groups excluding carboxylic acids is 1. The fraction of sp³-hybridized carbons (Fsp3) is 0.875. The van der Waals surface area contributed by atoms with Crippen LogP contribution >= 0.6 is 0 Å². The first-order chi connectivity index (χ1) is 5.12. The number of carbonyl (C=O) groups is 1. The molecule has 64 valence electrons. The molecule has 0 unspecified atom stereocenters. The van der Waals surface area contributed by atoms with Crippen molar-refractivity contribution >= 4 is 5.97 Å². The molecule has 1 N–H and O–H groups in total. The van der Waals surface area contributed by atoms with Gasteiger partial charge in [-0.2, -0.15) is 0 Å². The van der Waals surface area contributed by atoms with Gasteiger partial charge in [-0.1, -0.05) is 0 Å². The predicted octanol–water partition coefficient (Wildman–Crippen LogP) is 0.855. The van der Waals surface area contributed by atoms with E-state index in [1.807, 2.05) is 0 Å². The third-order valence-electron chi connectivity index (χ3n) is 2.16. The lowest BCUT2D eigenvalue weighted by molar-refractivity contribution is -0.143. The minimum Gasteiger partial charge on any atom is -0.466 e. The van der Waals surface area contributed by atoms with Crippen molar-refractivity contribution in [3.8, 4) is 0 Å². The van der Waals surface area contributed by atoms with Gasteiger partial charge in [-0.05, 0) is 19.3 Å². The van der Waals surface area contributed by atoms with E-state index in [1.54, 1.807) is 0 Å². The van der Waals surface area contributed by atoms with Crippen molar-refractivity contribution in [2.75, 3.05) is 6.61 Å². The van der Waals surface area contributed by atoms with Crippen molar-refractivity contribution in [3.63, 3.8) is 0 Å². The van der Waals surface area contributed by atoms with Gasteiger partial charge in [0.15, 0.2) is 0 Å². The zero-order valence-corrected chi connectivity index (χ0v) is 6.80. The van der Waals surface area contributed by atoms with Crippen LogP contribution in [0.1, 0.15) is 32.6 Å². The molecular weight excluding hydrogens is 144 g/mol. The van der Waals surface area contributed by atoms with Gasteiger partial charge in [0.25, 0.3) is 0 Å². The van der Waals surface area contributed by atoms with E-state index in [-0.39, 0.29) is 5.97 Å². The second kappa shape index (κ2) is 3.22. The average Bonchev–Trinajstić information content (AvgIpc) is 1.83. The summed E-state index contributed by atoms with van der Waals surface area (Å²) >= 11 is 0. The fourth-order valence-corrected chi connectivity index (χ4v) is 1.22. The number of hydrogen-bond donors (Lipinski definition) is 1. The van der Waals surface area contributed by atoms with Gasteiger partial charge in [-0.3, -0.25) is 4.79 Å². The van der Waals surface area contributed by atoms with Crippen molar-refractivity contribution in [1.82, 2.24) is 0 Å². The second-order valence-corrected chi connectivity index (χ2v) is 3.17. The molecule has 11 heavy (non-hydrogen) atoms. The maximum atomic E-state index is 10.3. The van der Waals surface area contributed by atoms with E-state index in [0.717, 1.165) is 19.3 Å². The Kier molecular flexibility index (Phi) is 2.49. The molecule has 1 rings (SSSR count). The largest absolute Gasteiger partial charge is 0.466 e. The topological polar surface area (TPSA) is 46.5 Å². The molecule has 0 spiro atoms. The molecule has 1 saturated carbocycles. The summed E-state index contributed by atoms with van der Waals surface area (Å²) in [4.78, 5) is 10.3. The van der Waals surface area contributed by atoms with Gasteiger partial charge in [0, 0.05) is 13.3 Å². The van der Waals surface area contributed by atoms with Crippen molar-refractivity contribution < 1.29 is 14.6 Å². The summed E-state index contributed by atoms with van der Waals surface area (Å²) in [7, 11) is 0. The smallest absolute Gasteiger partial charge is 0.302 e. The maximum Gasteiger partial charge on any atom is 0.302 e. The number of hydrogen-bond acceptors (Lipinski definition) is 3. The molecule has 0 heterocycles. The molecule has 0 atom stereocenters. The molecule has 0 radical (unpaired) electrons. The zero-order chi connectivity index (χ0) is 8.32. The fourth-order valence-electron chi connectivity index (χ4n) is 1.22. The lowest BCUT2D eigenvalue weighted by atomic mass is 9.78. The Labute approximate surface area is 66.4 Å². The quantitative estimate of drug-likeness (QED) is 0.619. The van der Waals surface area contributed by atoms with Crippen LogP contribution in [0, 0.1) is 0 Å². The molecule has 1 aliphatic carbocycles. The van der Waals surface area contributed by atoms with Gasteiger partial charge < -0.3 is 9.84 Å². The molecule has 1 aliphatic rings. The highest BCUT2D eigenvalue weighted by Crippen LogP contribution is 2.34. The van der Waals surface area contributed by atoms with Crippen LogP contribution in [-0.4, -0.2) is 23.3 Å². The van der Waals surface area contributed by atoms with E-state index < -0.39 is 5.60 Å². The van der Waals surface area contributed by atoms with Crippen LogP contribution in [0.2, 0.25) is 0 Å². The third kappa shape index (κ3) is 2.50. The summed E-state index contributed by atoms with van der Waals surface area (Å²) in [6, 6.07) is 0. The van der Waals surface area contributed by atoms with E-state index >= 15 is 0 Å². The highest BCUT2D eigenvalue weighted by molar-refractivity contribution is 5.65. The van der Waals surface area contributed by atoms with Crippen LogP contribution in [0.4, 0.5) is 0 Å². The van der Waals surface area contributed by atoms with Crippen LogP contribution in [-0.2, 0) is 9.53 Å². The molecule has 3 nitrogen and oxygen atoms in total. The Morgan fingerprint density at radius 1 is 1.64 bits per heavy atom. The monoisotopic (exact) mass is 158 g/mol. The standard InChI is InChI=1S/C8H14O3/c1-7(9)11-6-5-8(10)3-2-4-8/h10H,2-6H2,1H3. The van der Waals surface area contributed by atoms with Crippen molar-refractivity contribution in [3.05, 3.63) is 0 Å². The highest BCUT2D eigenvalue weighted by Gasteiger charge is 2.33. The third-order valence-corrected chi connectivity index (χ3v) is 2.16. The molecule has 3 heteroatoms. The lowest BCUT2D eigenvalue weighted by Gasteiger charge is -2.36. The Hall–Kier alpha value is -0.570. The van der Waals surface area contributed by atoms with Gasteiger partial charge in [0.1, 0.15) is 0 Å². The summed E-state index contributed by atoms with van der Waals surface area (Å²) in [5, 5.41) is 9.53. The maximum absolute atomic E-state index is 10.3. The van der Waals surface area contributed by atoms with E-state index in [0.29, 0.717) is 13.0 Å². The molecule has 1 fully saturated rings. The Balaban J connectivity index is 2.07. The molecule has 0 saturated heterocycles.